The second kappa shape index (κ2) is 6.99. The number of thioether (sulfide) groups is 1. The molecule has 2 heterocycles. The van der Waals surface area contributed by atoms with Gasteiger partial charge in [-0.05, 0) is 25.1 Å². The van der Waals surface area contributed by atoms with Crippen LogP contribution in [0.5, 0.6) is 0 Å². The van der Waals surface area contributed by atoms with E-state index in [-0.39, 0.29) is 11.8 Å². The SMILES string of the molecule is O=C(C(=O)N1CCCSCC1)N1CCCNCC1. The van der Waals surface area contributed by atoms with Gasteiger partial charge in [0.05, 0.1) is 0 Å². The van der Waals surface area contributed by atoms with Crippen molar-refractivity contribution in [1.29, 1.82) is 0 Å². The standard InChI is InChI=1S/C12H21N3O2S/c16-11(14-5-1-3-13-4-7-14)12(17)15-6-2-9-18-10-8-15/h13H,1-10H2. The van der Waals surface area contributed by atoms with Crippen molar-refractivity contribution in [3.05, 3.63) is 0 Å². The summed E-state index contributed by atoms with van der Waals surface area (Å²) in [6.07, 6.45) is 1.92. The minimum absolute atomic E-state index is 0.306. The van der Waals surface area contributed by atoms with Gasteiger partial charge in [0, 0.05) is 38.5 Å². The molecule has 1 N–H and O–H groups in total. The first-order chi connectivity index (χ1) is 8.79. The van der Waals surface area contributed by atoms with E-state index >= 15 is 0 Å². The van der Waals surface area contributed by atoms with Gasteiger partial charge in [0.15, 0.2) is 0 Å². The molecule has 102 valence electrons. The van der Waals surface area contributed by atoms with E-state index in [0.29, 0.717) is 19.6 Å². The van der Waals surface area contributed by atoms with Crippen LogP contribution in [-0.4, -0.2) is 72.4 Å². The van der Waals surface area contributed by atoms with Crippen LogP contribution in [0.25, 0.3) is 0 Å². The first-order valence-electron chi connectivity index (χ1n) is 6.65. The lowest BCUT2D eigenvalue weighted by Gasteiger charge is -2.24. The Morgan fingerprint density at radius 2 is 1.56 bits per heavy atom. The average Bonchev–Trinajstić information content (AvgIpc) is 2.81. The van der Waals surface area contributed by atoms with Crippen molar-refractivity contribution in [2.24, 2.45) is 0 Å². The molecule has 0 bridgehead atoms. The third kappa shape index (κ3) is 3.62. The van der Waals surface area contributed by atoms with Crippen LogP contribution in [0.2, 0.25) is 0 Å². The summed E-state index contributed by atoms with van der Waals surface area (Å²) >= 11 is 1.86. The Morgan fingerprint density at radius 1 is 0.833 bits per heavy atom. The maximum absolute atomic E-state index is 12.2. The van der Waals surface area contributed by atoms with Crippen LogP contribution in [0, 0.1) is 0 Å². The molecule has 0 aromatic rings. The summed E-state index contributed by atoms with van der Waals surface area (Å²) in [6, 6.07) is 0. The molecule has 2 amide bonds. The van der Waals surface area contributed by atoms with Crippen molar-refractivity contribution in [2.75, 3.05) is 50.8 Å². The fraction of sp³-hybridized carbons (Fsp3) is 0.833. The Labute approximate surface area is 112 Å². The van der Waals surface area contributed by atoms with E-state index in [1.54, 1.807) is 9.80 Å². The highest BCUT2D eigenvalue weighted by atomic mass is 32.2. The number of nitrogens with zero attached hydrogens (tertiary/aromatic N) is 2. The van der Waals surface area contributed by atoms with Crippen LogP contribution < -0.4 is 5.32 Å². The summed E-state index contributed by atoms with van der Waals surface area (Å²) in [5.41, 5.74) is 0. The van der Waals surface area contributed by atoms with Crippen molar-refractivity contribution in [2.45, 2.75) is 12.8 Å². The summed E-state index contributed by atoms with van der Waals surface area (Å²) in [5.74, 6) is 1.41. The van der Waals surface area contributed by atoms with E-state index in [1.807, 2.05) is 11.8 Å². The Morgan fingerprint density at radius 3 is 2.39 bits per heavy atom. The van der Waals surface area contributed by atoms with E-state index in [4.69, 9.17) is 0 Å². The number of carbonyl (C=O) groups is 2. The fourth-order valence-corrected chi connectivity index (χ4v) is 3.16. The Bertz CT molecular complexity index is 266. The van der Waals surface area contributed by atoms with E-state index in [2.05, 4.69) is 5.32 Å². The van der Waals surface area contributed by atoms with Gasteiger partial charge in [0.2, 0.25) is 0 Å². The Kier molecular flexibility index (Phi) is 5.31. The molecule has 0 atom stereocenters. The smallest absolute Gasteiger partial charge is 0.312 e. The lowest BCUT2D eigenvalue weighted by atomic mass is 10.3. The highest BCUT2D eigenvalue weighted by Gasteiger charge is 2.27. The van der Waals surface area contributed by atoms with E-state index < -0.39 is 0 Å². The number of nitrogens with one attached hydrogen (secondary N) is 1. The second-order valence-corrected chi connectivity index (χ2v) is 5.88. The number of hydrogen-bond acceptors (Lipinski definition) is 4. The van der Waals surface area contributed by atoms with E-state index in [9.17, 15) is 9.59 Å². The zero-order valence-electron chi connectivity index (χ0n) is 10.7. The summed E-state index contributed by atoms with van der Waals surface area (Å²) in [7, 11) is 0. The highest BCUT2D eigenvalue weighted by Crippen LogP contribution is 2.11. The molecular formula is C12H21N3O2S. The van der Waals surface area contributed by atoms with Gasteiger partial charge < -0.3 is 15.1 Å². The first-order valence-corrected chi connectivity index (χ1v) is 7.81. The average molecular weight is 271 g/mol. The normalized spacial score (nSPS) is 22.2. The van der Waals surface area contributed by atoms with Crippen molar-refractivity contribution in [3.63, 3.8) is 0 Å². The Balaban J connectivity index is 1.91. The molecule has 0 saturated carbocycles. The van der Waals surface area contributed by atoms with Crippen LogP contribution in [0.4, 0.5) is 0 Å². The molecule has 2 fully saturated rings. The van der Waals surface area contributed by atoms with Crippen LogP contribution in [0.1, 0.15) is 12.8 Å². The van der Waals surface area contributed by atoms with E-state index in [0.717, 1.165) is 44.0 Å². The molecule has 2 aliphatic rings. The van der Waals surface area contributed by atoms with Gasteiger partial charge in [-0.15, -0.1) is 0 Å². The highest BCUT2D eigenvalue weighted by molar-refractivity contribution is 7.99. The number of rotatable bonds is 0. The fourth-order valence-electron chi connectivity index (χ4n) is 2.27. The molecule has 0 aromatic carbocycles. The predicted octanol–water partition coefficient (Wildman–Crippen LogP) is -0.226. The lowest BCUT2D eigenvalue weighted by molar-refractivity contribution is -0.151. The van der Waals surface area contributed by atoms with Gasteiger partial charge in [-0.3, -0.25) is 9.59 Å². The first kappa shape index (κ1) is 13.7. The molecule has 18 heavy (non-hydrogen) atoms. The monoisotopic (exact) mass is 271 g/mol. The second-order valence-electron chi connectivity index (χ2n) is 4.65. The van der Waals surface area contributed by atoms with Crippen molar-refractivity contribution < 1.29 is 9.59 Å². The topological polar surface area (TPSA) is 52.7 Å². The molecule has 0 aromatic heterocycles. The van der Waals surface area contributed by atoms with E-state index in [1.165, 1.54) is 0 Å². The molecule has 0 spiro atoms. The predicted molar refractivity (Wildman–Crippen MR) is 72.6 cm³/mol. The minimum Gasteiger partial charge on any atom is -0.334 e. The van der Waals surface area contributed by atoms with Crippen LogP contribution in [-0.2, 0) is 9.59 Å². The zero-order valence-corrected chi connectivity index (χ0v) is 11.5. The van der Waals surface area contributed by atoms with Crippen LogP contribution in [0.3, 0.4) is 0 Å². The van der Waals surface area contributed by atoms with Gasteiger partial charge in [-0.2, -0.15) is 11.8 Å². The maximum Gasteiger partial charge on any atom is 0.312 e. The van der Waals surface area contributed by atoms with Crippen LogP contribution >= 0.6 is 11.8 Å². The van der Waals surface area contributed by atoms with Gasteiger partial charge in [0.25, 0.3) is 0 Å². The molecule has 0 unspecified atom stereocenters. The molecule has 2 rings (SSSR count). The number of carbonyl (C=O) groups excluding carboxylic acids is 2. The van der Waals surface area contributed by atoms with Gasteiger partial charge in [0.1, 0.15) is 0 Å². The van der Waals surface area contributed by atoms with Gasteiger partial charge in [-0.25, -0.2) is 0 Å². The molecule has 2 aliphatic heterocycles. The van der Waals surface area contributed by atoms with Gasteiger partial charge >= 0.3 is 11.8 Å². The number of hydrogen-bond donors (Lipinski definition) is 1. The maximum atomic E-state index is 12.2. The summed E-state index contributed by atoms with van der Waals surface area (Å²) in [6.45, 7) is 4.49. The summed E-state index contributed by atoms with van der Waals surface area (Å²) < 4.78 is 0. The molecule has 2 saturated heterocycles. The lowest BCUT2D eigenvalue weighted by Crippen LogP contribution is -2.47. The summed E-state index contributed by atoms with van der Waals surface area (Å²) in [4.78, 5) is 27.7. The molecule has 5 nitrogen and oxygen atoms in total. The quantitative estimate of drug-likeness (QED) is 0.619. The molecule has 0 radical (unpaired) electrons. The minimum atomic E-state index is -0.314. The van der Waals surface area contributed by atoms with Crippen LogP contribution in [0.15, 0.2) is 0 Å². The third-order valence-electron chi connectivity index (χ3n) is 3.32. The zero-order chi connectivity index (χ0) is 12.8. The summed E-state index contributed by atoms with van der Waals surface area (Å²) in [5, 5.41) is 3.24. The van der Waals surface area contributed by atoms with Crippen molar-refractivity contribution >= 4 is 23.6 Å². The number of amides is 2. The Hall–Kier alpha value is -0.750. The molecule has 0 aliphatic carbocycles. The molecule has 6 heteroatoms. The molecular weight excluding hydrogens is 250 g/mol. The third-order valence-corrected chi connectivity index (χ3v) is 4.37. The van der Waals surface area contributed by atoms with Gasteiger partial charge in [-0.1, -0.05) is 0 Å². The largest absolute Gasteiger partial charge is 0.334 e. The van der Waals surface area contributed by atoms with Crippen molar-refractivity contribution in [3.8, 4) is 0 Å². The van der Waals surface area contributed by atoms with Crippen molar-refractivity contribution in [1.82, 2.24) is 15.1 Å².